The van der Waals surface area contributed by atoms with E-state index in [4.69, 9.17) is 14.2 Å². The topological polar surface area (TPSA) is 91.1 Å². The molecule has 2 aromatic rings. The van der Waals surface area contributed by atoms with Gasteiger partial charge < -0.3 is 19.1 Å². The highest BCUT2D eigenvalue weighted by Crippen LogP contribution is 2.35. The van der Waals surface area contributed by atoms with E-state index < -0.39 is 10.8 Å². The van der Waals surface area contributed by atoms with Crippen LogP contribution in [-0.2, 0) is 11.3 Å². The summed E-state index contributed by atoms with van der Waals surface area (Å²) in [6.45, 7) is 4.58. The molecule has 0 aliphatic rings. The van der Waals surface area contributed by atoms with Gasteiger partial charge in [-0.05, 0) is 19.4 Å². The minimum absolute atomic E-state index is 0.0458. The van der Waals surface area contributed by atoms with Crippen LogP contribution in [0.5, 0.6) is 11.5 Å². The second-order valence-corrected chi connectivity index (χ2v) is 6.63. The summed E-state index contributed by atoms with van der Waals surface area (Å²) in [5.41, 5.74) is 0.557. The molecule has 0 saturated carbocycles. The van der Waals surface area contributed by atoms with Crippen molar-refractivity contribution in [1.29, 1.82) is 0 Å². The Labute approximate surface area is 170 Å². The van der Waals surface area contributed by atoms with Crippen molar-refractivity contribution in [3.63, 3.8) is 0 Å². The summed E-state index contributed by atoms with van der Waals surface area (Å²) in [5, 5.41) is 11.7. The number of carbonyl (C=O) groups excluding carboxylic acids is 1. The highest BCUT2D eigenvalue weighted by atomic mass is 16.6. The summed E-state index contributed by atoms with van der Waals surface area (Å²) in [6.07, 6.45) is 0. The zero-order valence-electron chi connectivity index (χ0n) is 17.1. The molecule has 0 saturated heterocycles. The first-order valence-corrected chi connectivity index (χ1v) is 9.22. The van der Waals surface area contributed by atoms with Crippen LogP contribution < -0.4 is 9.47 Å². The van der Waals surface area contributed by atoms with Gasteiger partial charge in [0.05, 0.1) is 24.7 Å². The molecular formula is C21H26N2O6. The molecule has 2 aromatic carbocycles. The second kappa shape index (κ2) is 10.4. The lowest BCUT2D eigenvalue weighted by Gasteiger charge is -2.27. The number of carbonyl (C=O) groups is 1. The molecule has 0 bridgehead atoms. The van der Waals surface area contributed by atoms with Crippen molar-refractivity contribution in [3.05, 3.63) is 63.7 Å². The van der Waals surface area contributed by atoms with Gasteiger partial charge in [0, 0.05) is 25.8 Å². The zero-order valence-corrected chi connectivity index (χ0v) is 17.1. The first-order valence-electron chi connectivity index (χ1n) is 9.22. The fraction of sp³-hybridized carbons (Fsp3) is 0.381. The number of hydrogen-bond donors (Lipinski definition) is 0. The predicted octanol–water partition coefficient (Wildman–Crippen LogP) is 3.68. The number of nitro benzene ring substituents is 1. The van der Waals surface area contributed by atoms with Gasteiger partial charge in [-0.25, -0.2) is 0 Å². The third kappa shape index (κ3) is 5.68. The molecular weight excluding hydrogens is 376 g/mol. The molecule has 0 fully saturated rings. The summed E-state index contributed by atoms with van der Waals surface area (Å²) in [7, 11) is 2.95. The Morgan fingerprint density at radius 2 is 1.79 bits per heavy atom. The minimum Gasteiger partial charge on any atom is -0.493 e. The van der Waals surface area contributed by atoms with Gasteiger partial charge in [0.15, 0.2) is 11.5 Å². The Balaban J connectivity index is 2.43. The van der Waals surface area contributed by atoms with E-state index in [0.717, 1.165) is 5.56 Å². The summed E-state index contributed by atoms with van der Waals surface area (Å²) in [4.78, 5) is 25.9. The lowest BCUT2D eigenvalue weighted by atomic mass is 10.1. The Morgan fingerprint density at radius 3 is 2.34 bits per heavy atom. The van der Waals surface area contributed by atoms with Gasteiger partial charge in [0.25, 0.3) is 11.6 Å². The Bertz CT molecular complexity index is 839. The van der Waals surface area contributed by atoms with Gasteiger partial charge in [0.2, 0.25) is 0 Å². The van der Waals surface area contributed by atoms with E-state index in [2.05, 4.69) is 0 Å². The molecule has 156 valence electrons. The fourth-order valence-corrected chi connectivity index (χ4v) is 2.80. The number of ether oxygens (including phenoxy) is 3. The quantitative estimate of drug-likeness (QED) is 0.342. The Kier molecular flexibility index (Phi) is 7.97. The van der Waals surface area contributed by atoms with Crippen molar-refractivity contribution in [1.82, 2.24) is 4.90 Å². The standard InChI is InChI=1S/C21H26N2O6/c1-15(2)22(14-16-8-6-5-7-9-16)21(24)17-12-19(28-4)20(29-11-10-27-3)13-18(17)23(25)26/h5-9,12-13,15H,10-11,14H2,1-4H3. The Hall–Kier alpha value is -3.13. The van der Waals surface area contributed by atoms with Crippen molar-refractivity contribution in [2.75, 3.05) is 27.4 Å². The maximum absolute atomic E-state index is 13.3. The van der Waals surface area contributed by atoms with Crippen molar-refractivity contribution >= 4 is 11.6 Å². The monoisotopic (exact) mass is 402 g/mol. The van der Waals surface area contributed by atoms with Crippen molar-refractivity contribution < 1.29 is 23.9 Å². The molecule has 0 atom stereocenters. The fourth-order valence-electron chi connectivity index (χ4n) is 2.80. The van der Waals surface area contributed by atoms with Crippen LogP contribution in [0.25, 0.3) is 0 Å². The molecule has 0 aromatic heterocycles. The van der Waals surface area contributed by atoms with Crippen LogP contribution in [0.2, 0.25) is 0 Å². The molecule has 8 heteroatoms. The molecule has 0 heterocycles. The molecule has 0 aliphatic carbocycles. The van der Waals surface area contributed by atoms with Crippen molar-refractivity contribution in [2.45, 2.75) is 26.4 Å². The number of benzene rings is 2. The average molecular weight is 402 g/mol. The van der Waals surface area contributed by atoms with Crippen LogP contribution >= 0.6 is 0 Å². The maximum atomic E-state index is 13.3. The molecule has 0 aliphatic heterocycles. The van der Waals surface area contributed by atoms with Gasteiger partial charge in [-0.2, -0.15) is 0 Å². The number of hydrogen-bond acceptors (Lipinski definition) is 6. The molecule has 8 nitrogen and oxygen atoms in total. The molecule has 29 heavy (non-hydrogen) atoms. The molecule has 0 unspecified atom stereocenters. The average Bonchev–Trinajstić information content (AvgIpc) is 2.71. The number of nitro groups is 1. The zero-order chi connectivity index (χ0) is 21.4. The van der Waals surface area contributed by atoms with E-state index in [1.807, 2.05) is 44.2 Å². The molecule has 2 rings (SSSR count). The first kappa shape index (κ1) is 22.2. The molecule has 0 N–H and O–H groups in total. The van der Waals surface area contributed by atoms with Crippen molar-refractivity contribution in [2.24, 2.45) is 0 Å². The third-order valence-electron chi connectivity index (χ3n) is 4.33. The highest BCUT2D eigenvalue weighted by molar-refractivity contribution is 5.99. The van der Waals surface area contributed by atoms with Crippen LogP contribution in [-0.4, -0.2) is 49.2 Å². The van der Waals surface area contributed by atoms with E-state index in [0.29, 0.717) is 13.2 Å². The molecule has 0 spiro atoms. The minimum atomic E-state index is -0.586. The number of methoxy groups -OCH3 is 2. The lowest BCUT2D eigenvalue weighted by Crippen LogP contribution is -2.36. The smallest absolute Gasteiger partial charge is 0.286 e. The highest BCUT2D eigenvalue weighted by Gasteiger charge is 2.29. The van der Waals surface area contributed by atoms with Crippen molar-refractivity contribution in [3.8, 4) is 11.5 Å². The number of amides is 1. The SMILES string of the molecule is COCCOc1cc([N+](=O)[O-])c(C(=O)N(Cc2ccccc2)C(C)C)cc1OC. The number of rotatable bonds is 10. The second-order valence-electron chi connectivity index (χ2n) is 6.63. The van der Waals surface area contributed by atoms with Gasteiger partial charge in [-0.15, -0.1) is 0 Å². The van der Waals surface area contributed by atoms with Gasteiger partial charge in [-0.3, -0.25) is 14.9 Å². The molecule has 0 radical (unpaired) electrons. The van der Waals surface area contributed by atoms with Gasteiger partial charge in [0.1, 0.15) is 12.2 Å². The largest absolute Gasteiger partial charge is 0.493 e. The van der Waals surface area contributed by atoms with E-state index in [9.17, 15) is 14.9 Å². The van der Waals surface area contributed by atoms with Crippen LogP contribution in [0.15, 0.2) is 42.5 Å². The molecule has 1 amide bonds. The third-order valence-corrected chi connectivity index (χ3v) is 4.33. The summed E-state index contributed by atoms with van der Waals surface area (Å²) < 4.78 is 15.7. The van der Waals surface area contributed by atoms with E-state index in [1.165, 1.54) is 26.4 Å². The van der Waals surface area contributed by atoms with E-state index in [1.54, 1.807) is 4.90 Å². The number of nitrogens with zero attached hydrogens (tertiary/aromatic N) is 2. The predicted molar refractivity (Wildman–Crippen MR) is 108 cm³/mol. The van der Waals surface area contributed by atoms with Crippen LogP contribution in [0, 0.1) is 10.1 Å². The van der Waals surface area contributed by atoms with Crippen LogP contribution in [0.1, 0.15) is 29.8 Å². The maximum Gasteiger partial charge on any atom is 0.286 e. The Morgan fingerprint density at radius 1 is 1.10 bits per heavy atom. The van der Waals surface area contributed by atoms with Crippen LogP contribution in [0.4, 0.5) is 5.69 Å². The van der Waals surface area contributed by atoms with E-state index >= 15 is 0 Å². The first-order chi connectivity index (χ1) is 13.9. The van der Waals surface area contributed by atoms with Gasteiger partial charge >= 0.3 is 0 Å². The lowest BCUT2D eigenvalue weighted by molar-refractivity contribution is -0.385. The summed E-state index contributed by atoms with van der Waals surface area (Å²) in [5.74, 6) is -0.0114. The summed E-state index contributed by atoms with van der Waals surface area (Å²) >= 11 is 0. The van der Waals surface area contributed by atoms with Gasteiger partial charge in [-0.1, -0.05) is 30.3 Å². The summed E-state index contributed by atoms with van der Waals surface area (Å²) in [6, 6.07) is 11.9. The van der Waals surface area contributed by atoms with Crippen LogP contribution in [0.3, 0.4) is 0 Å². The normalized spacial score (nSPS) is 10.7. The van der Waals surface area contributed by atoms with E-state index in [-0.39, 0.29) is 35.4 Å².